The van der Waals surface area contributed by atoms with Gasteiger partial charge in [0.25, 0.3) is 0 Å². The van der Waals surface area contributed by atoms with Crippen LogP contribution in [-0.4, -0.2) is 31.9 Å². The highest BCUT2D eigenvalue weighted by Crippen LogP contribution is 2.39. The van der Waals surface area contributed by atoms with Crippen LogP contribution in [0.4, 0.5) is 4.39 Å². The van der Waals surface area contributed by atoms with Crippen LogP contribution in [-0.2, 0) is 15.4 Å². The molecule has 0 amide bonds. The number of carbonyl (C=O) groups excluding carboxylic acids is 1. The second-order valence-corrected chi connectivity index (χ2v) is 6.63. The topological polar surface area (TPSA) is 60.4 Å². The van der Waals surface area contributed by atoms with Gasteiger partial charge in [-0.1, -0.05) is 18.2 Å². The molecule has 21 heavy (non-hydrogen) atoms. The second-order valence-electron chi connectivity index (χ2n) is 5.60. The van der Waals surface area contributed by atoms with Gasteiger partial charge < -0.3 is 4.74 Å². The van der Waals surface area contributed by atoms with Crippen LogP contribution in [0.2, 0.25) is 0 Å². The number of thiol groups is 1. The zero-order chi connectivity index (χ0) is 15.5. The number of alkyl halides is 1. The Morgan fingerprint density at radius 2 is 2.05 bits per heavy atom. The van der Waals surface area contributed by atoms with E-state index in [4.69, 9.17) is 4.74 Å². The summed E-state index contributed by atoms with van der Waals surface area (Å²) in [6, 6.07) is 8.43. The van der Waals surface area contributed by atoms with Crippen molar-refractivity contribution < 1.29 is 22.3 Å². The SMILES string of the molecule is CC1(OC(=O)c2ccccc2)CCCC(F)C1C[SH](=O)=O. The Morgan fingerprint density at radius 3 is 2.67 bits per heavy atom. The zero-order valence-electron chi connectivity index (χ0n) is 11.8. The maximum atomic E-state index is 14.1. The van der Waals surface area contributed by atoms with Gasteiger partial charge in [-0.3, -0.25) is 0 Å². The molecule has 0 spiro atoms. The molecule has 1 aliphatic carbocycles. The summed E-state index contributed by atoms with van der Waals surface area (Å²) in [6.45, 7) is 1.63. The summed E-state index contributed by atoms with van der Waals surface area (Å²) in [5, 5.41) is 0. The fraction of sp³-hybridized carbons (Fsp3) is 0.533. The van der Waals surface area contributed by atoms with Crippen molar-refractivity contribution in [2.75, 3.05) is 5.75 Å². The van der Waals surface area contributed by atoms with Crippen molar-refractivity contribution >= 4 is 16.7 Å². The molecule has 0 bridgehead atoms. The molecule has 1 aromatic rings. The Bertz CT molecular complexity index is 564. The predicted octanol–water partition coefficient (Wildman–Crippen LogP) is 2.35. The minimum absolute atomic E-state index is 0.297. The number of esters is 1. The fourth-order valence-corrected chi connectivity index (χ4v) is 3.79. The first-order valence-electron chi connectivity index (χ1n) is 6.96. The van der Waals surface area contributed by atoms with Gasteiger partial charge in [-0.05, 0) is 38.3 Å². The average molecular weight is 314 g/mol. The molecule has 0 radical (unpaired) electrons. The smallest absolute Gasteiger partial charge is 0.338 e. The van der Waals surface area contributed by atoms with Crippen LogP contribution < -0.4 is 0 Å². The van der Waals surface area contributed by atoms with E-state index < -0.39 is 34.4 Å². The summed E-state index contributed by atoms with van der Waals surface area (Å²) < 4.78 is 41.6. The lowest BCUT2D eigenvalue weighted by Gasteiger charge is -2.41. The van der Waals surface area contributed by atoms with Crippen molar-refractivity contribution in [2.45, 2.75) is 38.0 Å². The largest absolute Gasteiger partial charge is 0.455 e. The van der Waals surface area contributed by atoms with E-state index >= 15 is 0 Å². The maximum absolute atomic E-state index is 14.1. The molecule has 1 fully saturated rings. The highest BCUT2D eigenvalue weighted by molar-refractivity contribution is 7.72. The lowest BCUT2D eigenvalue weighted by Crippen LogP contribution is -2.49. The molecular weight excluding hydrogens is 295 g/mol. The number of halogens is 1. The molecule has 0 heterocycles. The second kappa shape index (κ2) is 6.56. The number of hydrogen-bond acceptors (Lipinski definition) is 4. The third-order valence-corrected chi connectivity index (χ3v) is 4.75. The van der Waals surface area contributed by atoms with Crippen LogP contribution in [0, 0.1) is 5.92 Å². The van der Waals surface area contributed by atoms with Gasteiger partial charge in [0.2, 0.25) is 0 Å². The fourth-order valence-electron chi connectivity index (χ4n) is 2.86. The van der Waals surface area contributed by atoms with Gasteiger partial charge in [-0.25, -0.2) is 17.6 Å². The van der Waals surface area contributed by atoms with Gasteiger partial charge in [0, 0.05) is 5.92 Å². The van der Waals surface area contributed by atoms with Crippen molar-refractivity contribution in [3.05, 3.63) is 35.9 Å². The minimum atomic E-state index is -2.72. The van der Waals surface area contributed by atoms with E-state index in [2.05, 4.69) is 0 Å². The molecule has 1 aliphatic rings. The first-order chi connectivity index (χ1) is 9.92. The summed E-state index contributed by atoms with van der Waals surface area (Å²) in [6.07, 6.45) is 0.0955. The van der Waals surface area contributed by atoms with Crippen LogP contribution >= 0.6 is 0 Å². The van der Waals surface area contributed by atoms with Crippen molar-refractivity contribution in [3.8, 4) is 0 Å². The van der Waals surface area contributed by atoms with Crippen molar-refractivity contribution in [3.63, 3.8) is 0 Å². The van der Waals surface area contributed by atoms with E-state index in [-0.39, 0.29) is 5.75 Å². The maximum Gasteiger partial charge on any atom is 0.338 e. The highest BCUT2D eigenvalue weighted by Gasteiger charge is 2.46. The molecule has 4 nitrogen and oxygen atoms in total. The average Bonchev–Trinajstić information content (AvgIpc) is 2.44. The molecular formula is C15H19FO4S. The number of ether oxygens (including phenoxy) is 1. The van der Waals surface area contributed by atoms with E-state index in [1.165, 1.54) is 0 Å². The van der Waals surface area contributed by atoms with E-state index in [1.54, 1.807) is 37.3 Å². The van der Waals surface area contributed by atoms with Crippen LogP contribution in [0.1, 0.15) is 36.5 Å². The predicted molar refractivity (Wildman–Crippen MR) is 77.7 cm³/mol. The molecule has 3 unspecified atom stereocenters. The van der Waals surface area contributed by atoms with E-state index in [0.29, 0.717) is 24.8 Å². The molecule has 1 aromatic carbocycles. The number of rotatable bonds is 4. The summed E-state index contributed by atoms with van der Waals surface area (Å²) in [5.74, 6) is -1.65. The van der Waals surface area contributed by atoms with Gasteiger partial charge in [-0.2, -0.15) is 0 Å². The van der Waals surface area contributed by atoms with Crippen LogP contribution in [0.25, 0.3) is 0 Å². The Hall–Kier alpha value is -1.43. The van der Waals surface area contributed by atoms with Gasteiger partial charge in [0.15, 0.2) is 0 Å². The number of hydrogen-bond donors (Lipinski definition) is 1. The molecule has 0 N–H and O–H groups in total. The first-order valence-corrected chi connectivity index (χ1v) is 8.33. The first kappa shape index (κ1) is 15.9. The van der Waals surface area contributed by atoms with Crippen molar-refractivity contribution in [1.82, 2.24) is 0 Å². The van der Waals surface area contributed by atoms with Gasteiger partial charge in [-0.15, -0.1) is 0 Å². The quantitative estimate of drug-likeness (QED) is 0.684. The molecule has 3 atom stereocenters. The van der Waals surface area contributed by atoms with Crippen molar-refractivity contribution in [2.24, 2.45) is 5.92 Å². The van der Waals surface area contributed by atoms with Crippen LogP contribution in [0.3, 0.4) is 0 Å². The van der Waals surface area contributed by atoms with Crippen LogP contribution in [0.5, 0.6) is 0 Å². The monoisotopic (exact) mass is 314 g/mol. The Morgan fingerprint density at radius 1 is 1.38 bits per heavy atom. The third-order valence-electron chi connectivity index (χ3n) is 4.06. The Labute approximate surface area is 125 Å². The van der Waals surface area contributed by atoms with Gasteiger partial charge >= 0.3 is 5.97 Å². The van der Waals surface area contributed by atoms with Crippen LogP contribution in [0.15, 0.2) is 30.3 Å². The molecule has 0 aliphatic heterocycles. The lowest BCUT2D eigenvalue weighted by molar-refractivity contribution is -0.0768. The third kappa shape index (κ3) is 3.81. The van der Waals surface area contributed by atoms with E-state index in [1.807, 2.05) is 0 Å². The summed E-state index contributed by atoms with van der Waals surface area (Å²) in [7, 11) is -2.72. The zero-order valence-corrected chi connectivity index (χ0v) is 12.7. The van der Waals surface area contributed by atoms with Gasteiger partial charge in [0.05, 0.1) is 11.3 Å². The summed E-state index contributed by atoms with van der Waals surface area (Å²) in [5.41, 5.74) is -0.704. The Balaban J connectivity index is 2.19. The summed E-state index contributed by atoms with van der Waals surface area (Å²) >= 11 is 0. The molecule has 0 saturated heterocycles. The number of carbonyl (C=O) groups is 1. The van der Waals surface area contributed by atoms with E-state index in [9.17, 15) is 17.6 Å². The highest BCUT2D eigenvalue weighted by atomic mass is 32.2. The standard InChI is InChI=1S/C15H19FO4S/c1-15(20-14(17)11-6-3-2-4-7-11)9-5-8-13(16)12(15)10-21(18)19/h2-4,6-7,12-13,21H,5,8-10H2,1H3. The molecule has 2 rings (SSSR count). The normalized spacial score (nSPS) is 29.3. The molecule has 0 aromatic heterocycles. The molecule has 6 heteroatoms. The lowest BCUT2D eigenvalue weighted by atomic mass is 9.76. The van der Waals surface area contributed by atoms with E-state index in [0.717, 1.165) is 0 Å². The van der Waals surface area contributed by atoms with Crippen molar-refractivity contribution in [1.29, 1.82) is 0 Å². The van der Waals surface area contributed by atoms with Gasteiger partial charge in [0.1, 0.15) is 22.5 Å². The number of benzene rings is 1. The molecule has 116 valence electrons. The summed E-state index contributed by atoms with van der Waals surface area (Å²) in [4.78, 5) is 12.2. The Kier molecular flexibility index (Phi) is 4.98. The minimum Gasteiger partial charge on any atom is -0.455 e. The molecule has 1 saturated carbocycles.